The van der Waals surface area contributed by atoms with Crippen LogP contribution in [0.4, 0.5) is 0 Å². The third-order valence-electron chi connectivity index (χ3n) is 2.85. The highest BCUT2D eigenvalue weighted by Gasteiger charge is 1.99. The van der Waals surface area contributed by atoms with E-state index in [-0.39, 0.29) is 17.0 Å². The van der Waals surface area contributed by atoms with E-state index in [4.69, 9.17) is 0 Å². The monoisotopic (exact) mass is 309 g/mol. The minimum atomic E-state index is 0. The summed E-state index contributed by atoms with van der Waals surface area (Å²) in [6, 6.07) is 12.4. The molecule has 0 aliphatic carbocycles. The smallest absolute Gasteiger partial charge is 0.116 e. The molecule has 3 heteroatoms. The molecule has 2 aromatic rings. The summed E-state index contributed by atoms with van der Waals surface area (Å²) in [7, 11) is 0. The van der Waals surface area contributed by atoms with Crippen molar-refractivity contribution >= 4 is 27.8 Å². The summed E-state index contributed by atoms with van der Waals surface area (Å²) in [6.07, 6.45) is 1.04. The number of phenols is 1. The minimum absolute atomic E-state index is 0. The lowest BCUT2D eigenvalue weighted by atomic mass is 10.0. The average molecular weight is 310 g/mol. The van der Waals surface area contributed by atoms with E-state index in [2.05, 4.69) is 37.4 Å². The van der Waals surface area contributed by atoms with Crippen molar-refractivity contribution in [1.29, 1.82) is 0 Å². The highest BCUT2D eigenvalue weighted by molar-refractivity contribution is 8.93. The molecule has 0 atom stereocenters. The van der Waals surface area contributed by atoms with Gasteiger partial charge in [0, 0.05) is 6.04 Å². The summed E-state index contributed by atoms with van der Waals surface area (Å²) in [5.41, 5.74) is 1.33. The number of hydrogen-bond acceptors (Lipinski definition) is 2. The first-order valence-electron chi connectivity index (χ1n) is 6.10. The Morgan fingerprint density at radius 3 is 2.44 bits per heavy atom. The Morgan fingerprint density at radius 1 is 1.06 bits per heavy atom. The molecule has 0 amide bonds. The highest BCUT2D eigenvalue weighted by atomic mass is 79.9. The molecule has 0 spiro atoms. The van der Waals surface area contributed by atoms with Crippen LogP contribution in [0.3, 0.4) is 0 Å². The molecule has 2 N–H and O–H groups in total. The zero-order valence-electron chi connectivity index (χ0n) is 10.8. The van der Waals surface area contributed by atoms with Crippen LogP contribution >= 0.6 is 17.0 Å². The number of fused-ring (bicyclic) bond motifs is 1. The fraction of sp³-hybridized carbons (Fsp3) is 0.333. The Hall–Kier alpha value is -1.06. The molecule has 2 rings (SSSR count). The van der Waals surface area contributed by atoms with Crippen molar-refractivity contribution in [2.24, 2.45) is 0 Å². The van der Waals surface area contributed by atoms with E-state index in [0.29, 0.717) is 11.8 Å². The van der Waals surface area contributed by atoms with E-state index in [1.807, 2.05) is 6.07 Å². The van der Waals surface area contributed by atoms with E-state index in [1.54, 1.807) is 12.1 Å². The number of aromatic hydroxyl groups is 1. The third-order valence-corrected chi connectivity index (χ3v) is 2.85. The normalized spacial score (nSPS) is 10.6. The van der Waals surface area contributed by atoms with Gasteiger partial charge in [-0.05, 0) is 41.4 Å². The maximum Gasteiger partial charge on any atom is 0.116 e. The Bertz CT molecular complexity index is 511. The molecule has 18 heavy (non-hydrogen) atoms. The van der Waals surface area contributed by atoms with E-state index < -0.39 is 0 Å². The van der Waals surface area contributed by atoms with Gasteiger partial charge < -0.3 is 10.4 Å². The number of rotatable bonds is 4. The van der Waals surface area contributed by atoms with Gasteiger partial charge in [-0.1, -0.05) is 38.1 Å². The Morgan fingerprint density at radius 2 is 1.72 bits per heavy atom. The zero-order chi connectivity index (χ0) is 12.3. The summed E-state index contributed by atoms with van der Waals surface area (Å²) in [4.78, 5) is 0. The van der Waals surface area contributed by atoms with E-state index >= 15 is 0 Å². The van der Waals surface area contributed by atoms with Crippen molar-refractivity contribution in [3.05, 3.63) is 42.0 Å². The van der Waals surface area contributed by atoms with Gasteiger partial charge in [-0.3, -0.25) is 0 Å². The largest absolute Gasteiger partial charge is 0.508 e. The van der Waals surface area contributed by atoms with Crippen LogP contribution in [0, 0.1) is 0 Å². The standard InChI is InChI=1S/C15H19NO.BrH/c1-11(2)16-8-7-12-3-4-14-10-15(17)6-5-13(14)9-12;/h3-6,9-11,16-17H,7-8H2,1-2H3;1H. The minimum Gasteiger partial charge on any atom is -0.508 e. The third kappa shape index (κ3) is 4.00. The second-order valence-electron chi connectivity index (χ2n) is 4.72. The average Bonchev–Trinajstić information content (AvgIpc) is 2.29. The topological polar surface area (TPSA) is 32.3 Å². The maximum absolute atomic E-state index is 9.39. The van der Waals surface area contributed by atoms with E-state index in [1.165, 1.54) is 10.9 Å². The van der Waals surface area contributed by atoms with Gasteiger partial charge in [-0.2, -0.15) is 0 Å². The second kappa shape index (κ2) is 6.76. The fourth-order valence-corrected chi connectivity index (χ4v) is 1.94. The van der Waals surface area contributed by atoms with E-state index in [0.717, 1.165) is 18.4 Å². The van der Waals surface area contributed by atoms with Gasteiger partial charge in [0.25, 0.3) is 0 Å². The van der Waals surface area contributed by atoms with Gasteiger partial charge in [0.05, 0.1) is 0 Å². The Kier molecular flexibility index (Phi) is 5.63. The van der Waals surface area contributed by atoms with Crippen LogP contribution < -0.4 is 5.32 Å². The number of nitrogens with one attached hydrogen (secondary N) is 1. The van der Waals surface area contributed by atoms with Gasteiger partial charge in [-0.15, -0.1) is 17.0 Å². The summed E-state index contributed by atoms with van der Waals surface area (Å²) in [6.45, 7) is 5.31. The van der Waals surface area contributed by atoms with Crippen molar-refractivity contribution in [2.45, 2.75) is 26.3 Å². The van der Waals surface area contributed by atoms with Gasteiger partial charge in [0.2, 0.25) is 0 Å². The fourth-order valence-electron chi connectivity index (χ4n) is 1.94. The van der Waals surface area contributed by atoms with Crippen LogP contribution in [0.1, 0.15) is 19.4 Å². The lowest BCUT2D eigenvalue weighted by molar-refractivity contribution is 0.476. The quantitative estimate of drug-likeness (QED) is 0.903. The Balaban J connectivity index is 0.00000162. The summed E-state index contributed by atoms with van der Waals surface area (Å²) >= 11 is 0. The van der Waals surface area contributed by atoms with Crippen molar-refractivity contribution in [2.75, 3.05) is 6.54 Å². The molecule has 0 aliphatic rings. The van der Waals surface area contributed by atoms with Crippen LogP contribution in [0.15, 0.2) is 36.4 Å². The first kappa shape index (κ1) is 15.0. The predicted molar refractivity (Wildman–Crippen MR) is 82.8 cm³/mol. The summed E-state index contributed by atoms with van der Waals surface area (Å²) < 4.78 is 0. The van der Waals surface area contributed by atoms with Crippen molar-refractivity contribution in [1.82, 2.24) is 5.32 Å². The van der Waals surface area contributed by atoms with Crippen molar-refractivity contribution in [3.8, 4) is 5.75 Å². The SMILES string of the molecule is Br.CC(C)NCCc1ccc2cc(O)ccc2c1. The van der Waals surface area contributed by atoms with Gasteiger partial charge in [-0.25, -0.2) is 0 Å². The zero-order valence-corrected chi connectivity index (χ0v) is 12.5. The van der Waals surface area contributed by atoms with Crippen LogP contribution in [0.5, 0.6) is 5.75 Å². The predicted octanol–water partition coefficient (Wildman–Crippen LogP) is 3.66. The molecule has 0 bridgehead atoms. The molecule has 0 fully saturated rings. The van der Waals surface area contributed by atoms with Crippen LogP contribution in [-0.4, -0.2) is 17.7 Å². The maximum atomic E-state index is 9.39. The Labute approximate surface area is 119 Å². The number of phenolic OH excluding ortho intramolecular Hbond substituents is 1. The highest BCUT2D eigenvalue weighted by Crippen LogP contribution is 2.21. The first-order chi connectivity index (χ1) is 8.15. The van der Waals surface area contributed by atoms with Crippen LogP contribution in [-0.2, 0) is 6.42 Å². The van der Waals surface area contributed by atoms with Crippen LogP contribution in [0.2, 0.25) is 0 Å². The van der Waals surface area contributed by atoms with E-state index in [9.17, 15) is 5.11 Å². The van der Waals surface area contributed by atoms with Gasteiger partial charge in [0.15, 0.2) is 0 Å². The van der Waals surface area contributed by atoms with Crippen molar-refractivity contribution < 1.29 is 5.11 Å². The molecule has 2 aromatic carbocycles. The molecule has 0 radical (unpaired) electrons. The second-order valence-corrected chi connectivity index (χ2v) is 4.72. The molecule has 0 heterocycles. The number of halogens is 1. The molecular formula is C15H20BrNO. The summed E-state index contributed by atoms with van der Waals surface area (Å²) in [5, 5.41) is 15.1. The summed E-state index contributed by atoms with van der Waals surface area (Å²) in [5.74, 6) is 0.326. The number of benzene rings is 2. The molecular weight excluding hydrogens is 290 g/mol. The lowest BCUT2D eigenvalue weighted by Crippen LogP contribution is -2.24. The first-order valence-corrected chi connectivity index (χ1v) is 6.10. The lowest BCUT2D eigenvalue weighted by Gasteiger charge is -2.08. The van der Waals surface area contributed by atoms with Crippen LogP contribution in [0.25, 0.3) is 10.8 Å². The van der Waals surface area contributed by atoms with Crippen molar-refractivity contribution in [3.63, 3.8) is 0 Å². The molecule has 98 valence electrons. The molecule has 0 aliphatic heterocycles. The van der Waals surface area contributed by atoms with Gasteiger partial charge >= 0.3 is 0 Å². The molecule has 0 saturated carbocycles. The van der Waals surface area contributed by atoms with Gasteiger partial charge in [0.1, 0.15) is 5.75 Å². The molecule has 0 aromatic heterocycles. The molecule has 0 saturated heterocycles. The molecule has 0 unspecified atom stereocenters. The number of hydrogen-bond donors (Lipinski definition) is 2. The molecule has 2 nitrogen and oxygen atoms in total.